The van der Waals surface area contributed by atoms with Gasteiger partial charge in [0, 0.05) is 37.1 Å². The minimum atomic E-state index is 0.476. The summed E-state index contributed by atoms with van der Waals surface area (Å²) in [6.45, 7) is 8.15. The van der Waals surface area contributed by atoms with Gasteiger partial charge in [-0.3, -0.25) is 4.90 Å². The number of thiazole rings is 1. The van der Waals surface area contributed by atoms with Crippen LogP contribution < -0.4 is 5.32 Å². The molecule has 1 aliphatic carbocycles. The molecule has 0 radical (unpaired) electrons. The number of morpholine rings is 1. The van der Waals surface area contributed by atoms with Crippen LogP contribution in [0.25, 0.3) is 0 Å². The molecule has 2 heterocycles. The predicted molar refractivity (Wildman–Crippen MR) is 81.9 cm³/mol. The van der Waals surface area contributed by atoms with Gasteiger partial charge in [0.25, 0.3) is 0 Å². The molecular weight excluding hydrogens is 270 g/mol. The van der Waals surface area contributed by atoms with Crippen molar-refractivity contribution < 1.29 is 4.74 Å². The average Bonchev–Trinajstić information content (AvgIpc) is 3.05. The first-order valence-electron chi connectivity index (χ1n) is 7.74. The van der Waals surface area contributed by atoms with Crippen LogP contribution in [0.4, 0.5) is 0 Å². The lowest BCUT2D eigenvalue weighted by molar-refractivity contribution is -0.0591. The van der Waals surface area contributed by atoms with E-state index in [2.05, 4.69) is 29.4 Å². The van der Waals surface area contributed by atoms with E-state index in [1.165, 1.54) is 30.0 Å². The highest BCUT2D eigenvalue weighted by Gasteiger charge is 2.36. The van der Waals surface area contributed by atoms with Crippen molar-refractivity contribution in [2.24, 2.45) is 0 Å². The van der Waals surface area contributed by atoms with Crippen molar-refractivity contribution in [3.8, 4) is 0 Å². The number of ether oxygens (including phenoxy) is 1. The van der Waals surface area contributed by atoms with Crippen molar-refractivity contribution in [2.45, 2.75) is 64.4 Å². The average molecular weight is 295 g/mol. The van der Waals surface area contributed by atoms with Crippen LogP contribution in [0.3, 0.4) is 0 Å². The molecule has 2 aliphatic rings. The van der Waals surface area contributed by atoms with E-state index in [4.69, 9.17) is 9.72 Å². The molecule has 112 valence electrons. The number of nitrogens with one attached hydrogen (secondary N) is 1. The van der Waals surface area contributed by atoms with Crippen molar-refractivity contribution in [1.82, 2.24) is 15.2 Å². The molecule has 1 N–H and O–H groups in total. The van der Waals surface area contributed by atoms with Crippen molar-refractivity contribution in [2.75, 3.05) is 13.2 Å². The topological polar surface area (TPSA) is 37.4 Å². The summed E-state index contributed by atoms with van der Waals surface area (Å²) in [5, 5.41) is 6.85. The zero-order chi connectivity index (χ0) is 13.9. The fraction of sp³-hybridized carbons (Fsp3) is 0.800. The monoisotopic (exact) mass is 295 g/mol. The minimum absolute atomic E-state index is 0.476. The quantitative estimate of drug-likeness (QED) is 0.905. The van der Waals surface area contributed by atoms with Gasteiger partial charge in [-0.2, -0.15) is 0 Å². The summed E-state index contributed by atoms with van der Waals surface area (Å²) in [4.78, 5) is 7.34. The molecule has 1 aromatic heterocycles. The van der Waals surface area contributed by atoms with Crippen LogP contribution in [-0.2, 0) is 17.8 Å². The molecular formula is C15H25N3OS. The highest BCUT2D eigenvalue weighted by Crippen LogP contribution is 2.30. The van der Waals surface area contributed by atoms with Crippen LogP contribution in [0.1, 0.15) is 43.8 Å². The van der Waals surface area contributed by atoms with E-state index in [0.717, 1.165) is 26.2 Å². The number of hydrogen-bond donors (Lipinski definition) is 1. The van der Waals surface area contributed by atoms with Gasteiger partial charge >= 0.3 is 0 Å². The highest BCUT2D eigenvalue weighted by atomic mass is 32.1. The van der Waals surface area contributed by atoms with Gasteiger partial charge in [0.2, 0.25) is 0 Å². The van der Waals surface area contributed by atoms with Gasteiger partial charge in [-0.25, -0.2) is 4.98 Å². The van der Waals surface area contributed by atoms with Crippen molar-refractivity contribution in [3.05, 3.63) is 16.1 Å². The number of rotatable bonds is 5. The van der Waals surface area contributed by atoms with Crippen LogP contribution in [-0.4, -0.2) is 41.2 Å². The SMILES string of the molecule is CC(C)NCc1nc(CN2CCOC3CCCC32)cs1. The molecule has 0 aromatic carbocycles. The first kappa shape index (κ1) is 14.4. The van der Waals surface area contributed by atoms with Gasteiger partial charge in [-0.05, 0) is 19.3 Å². The van der Waals surface area contributed by atoms with Gasteiger partial charge in [-0.15, -0.1) is 11.3 Å². The second-order valence-electron chi connectivity index (χ2n) is 6.15. The second-order valence-corrected chi connectivity index (χ2v) is 7.09. The molecule has 1 saturated carbocycles. The molecule has 1 saturated heterocycles. The van der Waals surface area contributed by atoms with E-state index in [-0.39, 0.29) is 0 Å². The van der Waals surface area contributed by atoms with E-state index in [1.54, 1.807) is 11.3 Å². The third-order valence-corrected chi connectivity index (χ3v) is 5.12. The molecule has 4 nitrogen and oxygen atoms in total. The zero-order valence-electron chi connectivity index (χ0n) is 12.5. The Hall–Kier alpha value is -0.490. The largest absolute Gasteiger partial charge is 0.375 e. The Morgan fingerprint density at radius 1 is 1.50 bits per heavy atom. The van der Waals surface area contributed by atoms with E-state index in [1.807, 2.05) is 0 Å². The lowest BCUT2D eigenvalue weighted by Gasteiger charge is -2.37. The zero-order valence-corrected chi connectivity index (χ0v) is 13.3. The first-order chi connectivity index (χ1) is 9.72. The number of fused-ring (bicyclic) bond motifs is 1. The van der Waals surface area contributed by atoms with Gasteiger partial charge < -0.3 is 10.1 Å². The Bertz CT molecular complexity index is 435. The molecule has 0 bridgehead atoms. The summed E-state index contributed by atoms with van der Waals surface area (Å²) in [5.41, 5.74) is 1.23. The number of hydrogen-bond acceptors (Lipinski definition) is 5. The van der Waals surface area contributed by atoms with Crippen molar-refractivity contribution >= 4 is 11.3 Å². The smallest absolute Gasteiger partial charge is 0.107 e. The summed E-state index contributed by atoms with van der Waals surface area (Å²) in [6, 6.07) is 1.14. The Kier molecular flexibility index (Phi) is 4.71. The van der Waals surface area contributed by atoms with Gasteiger partial charge in [0.15, 0.2) is 0 Å². The number of aromatic nitrogens is 1. The van der Waals surface area contributed by atoms with Crippen LogP contribution in [0, 0.1) is 0 Å². The van der Waals surface area contributed by atoms with E-state index in [0.29, 0.717) is 18.2 Å². The van der Waals surface area contributed by atoms with E-state index in [9.17, 15) is 0 Å². The Morgan fingerprint density at radius 2 is 2.40 bits per heavy atom. The summed E-state index contributed by atoms with van der Waals surface area (Å²) in [5.74, 6) is 0. The second kappa shape index (κ2) is 6.52. The number of nitrogens with zero attached hydrogens (tertiary/aromatic N) is 2. The van der Waals surface area contributed by atoms with Crippen LogP contribution >= 0.6 is 11.3 Å². The first-order valence-corrected chi connectivity index (χ1v) is 8.62. The summed E-state index contributed by atoms with van der Waals surface area (Å²) >= 11 is 1.77. The molecule has 5 heteroatoms. The van der Waals surface area contributed by atoms with Gasteiger partial charge in [0.05, 0.1) is 18.4 Å². The standard InChI is InChI=1S/C15H25N3OS/c1-11(2)16-8-15-17-12(10-20-15)9-18-6-7-19-14-5-3-4-13(14)18/h10-11,13-14,16H,3-9H2,1-2H3. The fourth-order valence-electron chi connectivity index (χ4n) is 3.20. The normalized spacial score (nSPS) is 27.1. The molecule has 3 rings (SSSR count). The third kappa shape index (κ3) is 3.39. The van der Waals surface area contributed by atoms with E-state index >= 15 is 0 Å². The third-order valence-electron chi connectivity index (χ3n) is 4.22. The maximum atomic E-state index is 5.87. The van der Waals surface area contributed by atoms with Crippen LogP contribution in [0.5, 0.6) is 0 Å². The van der Waals surface area contributed by atoms with Crippen molar-refractivity contribution in [1.29, 1.82) is 0 Å². The Morgan fingerprint density at radius 3 is 3.25 bits per heavy atom. The Labute approximate surface area is 125 Å². The van der Waals surface area contributed by atoms with Crippen molar-refractivity contribution in [3.63, 3.8) is 0 Å². The maximum Gasteiger partial charge on any atom is 0.107 e. The minimum Gasteiger partial charge on any atom is -0.375 e. The van der Waals surface area contributed by atoms with Crippen LogP contribution in [0.15, 0.2) is 5.38 Å². The lowest BCUT2D eigenvalue weighted by atomic mass is 10.1. The summed E-state index contributed by atoms with van der Waals surface area (Å²) < 4.78 is 5.87. The predicted octanol–water partition coefficient (Wildman–Crippen LogP) is 2.39. The molecule has 2 atom stereocenters. The molecule has 0 spiro atoms. The maximum absolute atomic E-state index is 5.87. The molecule has 0 amide bonds. The molecule has 20 heavy (non-hydrogen) atoms. The fourth-order valence-corrected chi connectivity index (χ4v) is 3.94. The summed E-state index contributed by atoms with van der Waals surface area (Å²) in [6.07, 6.45) is 4.31. The summed E-state index contributed by atoms with van der Waals surface area (Å²) in [7, 11) is 0. The highest BCUT2D eigenvalue weighted by molar-refractivity contribution is 7.09. The van der Waals surface area contributed by atoms with Gasteiger partial charge in [0.1, 0.15) is 5.01 Å². The molecule has 1 aromatic rings. The van der Waals surface area contributed by atoms with E-state index < -0.39 is 0 Å². The Balaban J connectivity index is 1.57. The van der Waals surface area contributed by atoms with Crippen LogP contribution in [0.2, 0.25) is 0 Å². The lowest BCUT2D eigenvalue weighted by Crippen LogP contribution is -2.47. The molecule has 2 fully saturated rings. The molecule has 2 unspecified atom stereocenters. The van der Waals surface area contributed by atoms with Gasteiger partial charge in [-0.1, -0.05) is 13.8 Å². The molecule has 1 aliphatic heterocycles.